The summed E-state index contributed by atoms with van der Waals surface area (Å²) in [6.45, 7) is 0.206. The lowest BCUT2D eigenvalue weighted by Crippen LogP contribution is -2.26. The molecule has 0 aliphatic carbocycles. The van der Waals surface area contributed by atoms with Gasteiger partial charge in [0.05, 0.1) is 22.6 Å². The van der Waals surface area contributed by atoms with Crippen molar-refractivity contribution in [1.29, 1.82) is 0 Å². The topological polar surface area (TPSA) is 54.5 Å². The van der Waals surface area contributed by atoms with Crippen LogP contribution < -0.4 is 4.90 Å². The molecule has 1 amide bonds. The Balaban J connectivity index is 1.82. The summed E-state index contributed by atoms with van der Waals surface area (Å²) in [5.41, 5.74) is 1.74. The number of hydrogen-bond acceptors (Lipinski definition) is 3. The van der Waals surface area contributed by atoms with Gasteiger partial charge < -0.3 is 4.90 Å². The molecule has 0 N–H and O–H groups in total. The Hall–Kier alpha value is -3.39. The predicted octanol–water partition coefficient (Wildman–Crippen LogP) is 5.07. The molecule has 0 fully saturated rings. The van der Waals surface area contributed by atoms with Crippen LogP contribution in [0.5, 0.6) is 0 Å². The molecule has 1 aliphatic heterocycles. The third-order valence-electron chi connectivity index (χ3n) is 5.28. The molecule has 1 aliphatic rings. The van der Waals surface area contributed by atoms with Gasteiger partial charge in [-0.2, -0.15) is 13.2 Å². The van der Waals surface area contributed by atoms with E-state index in [4.69, 9.17) is 0 Å². The minimum absolute atomic E-state index is 0.141. The van der Waals surface area contributed by atoms with E-state index in [-0.39, 0.29) is 22.9 Å². The summed E-state index contributed by atoms with van der Waals surface area (Å²) in [5.74, 6) is -0.335. The highest BCUT2D eigenvalue weighted by Gasteiger charge is 2.34. The second-order valence-corrected chi connectivity index (χ2v) is 9.47. The van der Waals surface area contributed by atoms with Crippen LogP contribution in [0.1, 0.15) is 16.7 Å². The molecule has 0 saturated carbocycles. The zero-order chi connectivity index (χ0) is 23.1. The fraction of sp³-hybridized carbons (Fsp3) is 0.125. The Kier molecular flexibility index (Phi) is 5.42. The van der Waals surface area contributed by atoms with Crippen molar-refractivity contribution in [1.82, 2.24) is 0 Å². The summed E-state index contributed by atoms with van der Waals surface area (Å²) < 4.78 is 62.6. The number of hydrogen-bond donors (Lipinski definition) is 0. The molecule has 4 nitrogen and oxygen atoms in total. The molecule has 3 aromatic carbocycles. The van der Waals surface area contributed by atoms with E-state index in [9.17, 15) is 26.4 Å². The van der Waals surface area contributed by atoms with Crippen molar-refractivity contribution >= 4 is 32.6 Å². The van der Waals surface area contributed by atoms with E-state index in [0.29, 0.717) is 22.4 Å². The van der Waals surface area contributed by atoms with E-state index in [1.54, 1.807) is 41.3 Å². The van der Waals surface area contributed by atoms with Crippen molar-refractivity contribution in [2.45, 2.75) is 11.1 Å². The Labute approximate surface area is 183 Å². The number of amides is 1. The van der Waals surface area contributed by atoms with Gasteiger partial charge >= 0.3 is 6.18 Å². The third-order valence-corrected chi connectivity index (χ3v) is 6.41. The van der Waals surface area contributed by atoms with E-state index < -0.39 is 21.6 Å². The van der Waals surface area contributed by atoms with Gasteiger partial charge in [-0.3, -0.25) is 4.79 Å². The van der Waals surface area contributed by atoms with Crippen molar-refractivity contribution in [3.8, 4) is 0 Å². The number of para-hydroxylation sites is 1. The van der Waals surface area contributed by atoms with Crippen LogP contribution in [-0.4, -0.2) is 27.1 Å². The summed E-state index contributed by atoms with van der Waals surface area (Å²) in [6, 6.07) is 19.6. The third kappa shape index (κ3) is 4.18. The van der Waals surface area contributed by atoms with Gasteiger partial charge in [-0.05, 0) is 53.1 Å². The van der Waals surface area contributed by atoms with Crippen molar-refractivity contribution in [2.24, 2.45) is 0 Å². The molecule has 32 heavy (non-hydrogen) atoms. The number of anilines is 1. The first-order valence-corrected chi connectivity index (χ1v) is 11.5. The van der Waals surface area contributed by atoms with Crippen molar-refractivity contribution < 1.29 is 26.4 Å². The van der Waals surface area contributed by atoms with Gasteiger partial charge in [0.2, 0.25) is 0 Å². The van der Waals surface area contributed by atoms with Crippen LogP contribution in [0.15, 0.2) is 83.8 Å². The van der Waals surface area contributed by atoms with Gasteiger partial charge in [-0.1, -0.05) is 42.5 Å². The number of nitrogens with zero attached hydrogens (tertiary/aromatic N) is 1. The van der Waals surface area contributed by atoms with Gasteiger partial charge in [0.15, 0.2) is 9.84 Å². The number of carbonyl (C=O) groups is 1. The fourth-order valence-electron chi connectivity index (χ4n) is 3.65. The first-order chi connectivity index (χ1) is 15.1. The highest BCUT2D eigenvalue weighted by molar-refractivity contribution is 7.90. The van der Waals surface area contributed by atoms with E-state index in [1.807, 2.05) is 6.07 Å². The standard InChI is InChI=1S/C24H18F3NO3S/c1-32(30,31)20-13-9-16(10-14-20)21-15-28(19-5-3-2-4-6-19)23(29)22(21)17-7-11-18(12-8-17)24(25,26)27/h2-14H,15H2,1H3. The molecule has 3 aromatic rings. The summed E-state index contributed by atoms with van der Waals surface area (Å²) >= 11 is 0. The summed E-state index contributed by atoms with van der Waals surface area (Å²) in [5, 5.41) is 0. The average Bonchev–Trinajstić information content (AvgIpc) is 3.10. The molecule has 0 radical (unpaired) electrons. The maximum Gasteiger partial charge on any atom is 0.416 e. The quantitative estimate of drug-likeness (QED) is 0.550. The van der Waals surface area contributed by atoms with Crippen LogP contribution in [0, 0.1) is 0 Å². The molecule has 164 valence electrons. The first-order valence-electron chi connectivity index (χ1n) is 9.64. The van der Waals surface area contributed by atoms with Crippen molar-refractivity contribution in [2.75, 3.05) is 17.7 Å². The largest absolute Gasteiger partial charge is 0.416 e. The summed E-state index contributed by atoms with van der Waals surface area (Å²) in [6.07, 6.45) is -3.38. The minimum Gasteiger partial charge on any atom is -0.304 e. The summed E-state index contributed by atoms with van der Waals surface area (Å²) in [4.78, 5) is 15.0. The molecular weight excluding hydrogens is 439 g/mol. The Bertz CT molecular complexity index is 1300. The second-order valence-electron chi connectivity index (χ2n) is 7.45. The number of sulfone groups is 1. The van der Waals surface area contributed by atoms with Crippen LogP contribution in [0.2, 0.25) is 0 Å². The second kappa shape index (κ2) is 7.94. The van der Waals surface area contributed by atoms with Gasteiger partial charge in [0.1, 0.15) is 0 Å². The normalized spacial score (nSPS) is 14.9. The molecule has 1 heterocycles. The molecule has 0 unspecified atom stereocenters. The number of benzene rings is 3. The van der Waals surface area contributed by atoms with Gasteiger partial charge in [0.25, 0.3) is 5.91 Å². The fourth-order valence-corrected chi connectivity index (χ4v) is 4.28. The van der Waals surface area contributed by atoms with Crippen LogP contribution in [0.4, 0.5) is 18.9 Å². The van der Waals surface area contributed by atoms with E-state index in [1.165, 1.54) is 24.3 Å². The lowest BCUT2D eigenvalue weighted by atomic mass is 9.96. The SMILES string of the molecule is CS(=O)(=O)c1ccc(C2=C(c3ccc(C(F)(F)F)cc3)C(=O)N(c3ccccc3)C2)cc1. The monoisotopic (exact) mass is 457 g/mol. The number of alkyl halides is 3. The van der Waals surface area contributed by atoms with Gasteiger partial charge in [0, 0.05) is 11.9 Å². The maximum absolute atomic E-state index is 13.3. The van der Waals surface area contributed by atoms with E-state index in [2.05, 4.69) is 0 Å². The molecule has 4 rings (SSSR count). The lowest BCUT2D eigenvalue weighted by molar-refractivity contribution is -0.137. The Morgan fingerprint density at radius 3 is 1.91 bits per heavy atom. The highest BCUT2D eigenvalue weighted by atomic mass is 32.2. The lowest BCUT2D eigenvalue weighted by Gasteiger charge is -2.17. The minimum atomic E-state index is -4.48. The molecule has 0 aromatic heterocycles. The van der Waals surface area contributed by atoms with E-state index in [0.717, 1.165) is 18.4 Å². The molecule has 0 spiro atoms. The molecule has 8 heteroatoms. The molecular formula is C24H18F3NO3S. The number of halogens is 3. The maximum atomic E-state index is 13.3. The van der Waals surface area contributed by atoms with Gasteiger partial charge in [-0.25, -0.2) is 8.42 Å². The molecule has 0 saturated heterocycles. The summed E-state index contributed by atoms with van der Waals surface area (Å²) in [7, 11) is -3.39. The van der Waals surface area contributed by atoms with Crippen molar-refractivity contribution in [3.05, 3.63) is 95.6 Å². The Morgan fingerprint density at radius 1 is 0.812 bits per heavy atom. The average molecular weight is 457 g/mol. The smallest absolute Gasteiger partial charge is 0.304 e. The predicted molar refractivity (Wildman–Crippen MR) is 117 cm³/mol. The molecule has 0 bridgehead atoms. The molecule has 0 atom stereocenters. The van der Waals surface area contributed by atoms with Crippen LogP contribution in [0.25, 0.3) is 11.1 Å². The van der Waals surface area contributed by atoms with Crippen LogP contribution in [0.3, 0.4) is 0 Å². The van der Waals surface area contributed by atoms with E-state index >= 15 is 0 Å². The van der Waals surface area contributed by atoms with Crippen LogP contribution >= 0.6 is 0 Å². The highest BCUT2D eigenvalue weighted by Crippen LogP contribution is 2.38. The zero-order valence-electron chi connectivity index (χ0n) is 16.9. The number of rotatable bonds is 4. The van der Waals surface area contributed by atoms with Crippen LogP contribution in [-0.2, 0) is 20.8 Å². The first kappa shape index (κ1) is 21.8. The van der Waals surface area contributed by atoms with Gasteiger partial charge in [-0.15, -0.1) is 0 Å². The number of carbonyl (C=O) groups excluding carboxylic acids is 1. The Morgan fingerprint density at radius 2 is 1.38 bits per heavy atom. The zero-order valence-corrected chi connectivity index (χ0v) is 17.7. The van der Waals surface area contributed by atoms with Crippen molar-refractivity contribution in [3.63, 3.8) is 0 Å².